The lowest BCUT2D eigenvalue weighted by Crippen LogP contribution is -2.45. The highest BCUT2D eigenvalue weighted by atomic mass is 16.6. The number of ether oxygens (including phenoxy) is 2. The van der Waals surface area contributed by atoms with Gasteiger partial charge in [-0.05, 0) is 42.7 Å². The maximum absolute atomic E-state index is 12.9. The van der Waals surface area contributed by atoms with E-state index in [1.165, 1.54) is 0 Å². The number of carbonyl (C=O) groups excluding carboxylic acids is 1. The van der Waals surface area contributed by atoms with Gasteiger partial charge >= 0.3 is 0 Å². The Labute approximate surface area is 186 Å². The van der Waals surface area contributed by atoms with Gasteiger partial charge in [0.25, 0.3) is 11.8 Å². The van der Waals surface area contributed by atoms with Crippen molar-refractivity contribution < 1.29 is 19.4 Å². The summed E-state index contributed by atoms with van der Waals surface area (Å²) in [7, 11) is 0. The summed E-state index contributed by atoms with van der Waals surface area (Å²) in [5, 5.41) is 17.4. The van der Waals surface area contributed by atoms with Gasteiger partial charge in [-0.25, -0.2) is 9.67 Å². The molecule has 2 aliphatic rings. The molecule has 1 saturated carbocycles. The smallest absolute Gasteiger partial charge is 0.270 e. The van der Waals surface area contributed by atoms with Crippen molar-refractivity contribution >= 4 is 5.91 Å². The van der Waals surface area contributed by atoms with Crippen LogP contribution in [0.5, 0.6) is 11.6 Å². The van der Waals surface area contributed by atoms with Crippen LogP contribution in [0, 0.1) is 0 Å². The van der Waals surface area contributed by atoms with Crippen LogP contribution in [0.4, 0.5) is 0 Å². The van der Waals surface area contributed by atoms with Gasteiger partial charge in [-0.15, -0.1) is 0 Å². The summed E-state index contributed by atoms with van der Waals surface area (Å²) in [5.41, 5.74) is 3.16. The molecular weight excluding hydrogens is 408 g/mol. The summed E-state index contributed by atoms with van der Waals surface area (Å²) in [5.74, 6) is 0.626. The van der Waals surface area contributed by atoms with Crippen molar-refractivity contribution in [1.29, 1.82) is 0 Å². The van der Waals surface area contributed by atoms with Crippen LogP contribution in [0.2, 0.25) is 0 Å². The average Bonchev–Trinajstić information content (AvgIpc) is 3.36. The third-order valence-electron chi connectivity index (χ3n) is 5.97. The van der Waals surface area contributed by atoms with Gasteiger partial charge in [-0.2, -0.15) is 5.10 Å². The Hall–Kier alpha value is -3.39. The van der Waals surface area contributed by atoms with Crippen molar-refractivity contribution in [2.24, 2.45) is 0 Å². The quantitative estimate of drug-likeness (QED) is 0.641. The number of nitrogens with one attached hydrogen (secondary N) is 1. The number of hydrogen-bond acceptors (Lipinski definition) is 6. The third-order valence-corrected chi connectivity index (χ3v) is 5.97. The van der Waals surface area contributed by atoms with Gasteiger partial charge in [0.15, 0.2) is 5.75 Å². The van der Waals surface area contributed by atoms with E-state index in [0.29, 0.717) is 37.7 Å². The van der Waals surface area contributed by atoms with Gasteiger partial charge in [-0.3, -0.25) is 4.79 Å². The molecule has 2 atom stereocenters. The Morgan fingerprint density at radius 2 is 1.97 bits per heavy atom. The number of amides is 1. The zero-order valence-electron chi connectivity index (χ0n) is 17.7. The highest BCUT2D eigenvalue weighted by Crippen LogP contribution is 2.34. The zero-order chi connectivity index (χ0) is 21.9. The Balaban J connectivity index is 1.39. The Kier molecular flexibility index (Phi) is 5.77. The molecule has 1 aromatic carbocycles. The minimum absolute atomic E-state index is 0.246. The highest BCUT2D eigenvalue weighted by molar-refractivity contribution is 5.93. The molecule has 8 heteroatoms. The first-order valence-electron chi connectivity index (χ1n) is 11.0. The summed E-state index contributed by atoms with van der Waals surface area (Å²) in [4.78, 5) is 17.3. The van der Waals surface area contributed by atoms with Crippen LogP contribution in [0.15, 0.2) is 48.8 Å². The molecule has 166 valence electrons. The molecule has 3 aromatic rings. The molecule has 2 N–H and O–H groups in total. The standard InChI is InChI=1S/C24H26N4O4/c29-21-5-2-1-4-19(21)26-23(30)20-15-17(22-24(27-20)32-13-12-31-22)14-16-6-8-18(9-7-16)28-11-3-10-25-28/h3,6-11,15,19,21,29H,1-2,4-5,12-14H2,(H,26,30)/t19-,21-/m0/s1. The number of aliphatic hydroxyl groups is 1. The second kappa shape index (κ2) is 9.00. The first-order valence-corrected chi connectivity index (χ1v) is 11.0. The van der Waals surface area contributed by atoms with Gasteiger partial charge in [0.05, 0.1) is 17.8 Å². The van der Waals surface area contributed by atoms with E-state index >= 15 is 0 Å². The normalized spacial score (nSPS) is 20.0. The van der Waals surface area contributed by atoms with Crippen LogP contribution >= 0.6 is 0 Å². The Bertz CT molecular complexity index is 1080. The number of benzene rings is 1. The van der Waals surface area contributed by atoms with Crippen LogP contribution < -0.4 is 14.8 Å². The topological polar surface area (TPSA) is 98.5 Å². The largest absolute Gasteiger partial charge is 0.484 e. The summed E-state index contributed by atoms with van der Waals surface area (Å²) < 4.78 is 13.3. The van der Waals surface area contributed by atoms with Crippen molar-refractivity contribution in [3.8, 4) is 17.3 Å². The lowest BCUT2D eigenvalue weighted by Gasteiger charge is -2.28. The molecule has 1 amide bonds. The molecule has 32 heavy (non-hydrogen) atoms. The number of fused-ring (bicyclic) bond motifs is 1. The van der Waals surface area contributed by atoms with E-state index in [0.717, 1.165) is 36.1 Å². The molecule has 0 bridgehead atoms. The molecule has 1 aliphatic heterocycles. The Morgan fingerprint density at radius 3 is 2.75 bits per heavy atom. The molecule has 5 rings (SSSR count). The first-order chi connectivity index (χ1) is 15.7. The number of aromatic nitrogens is 3. The van der Waals surface area contributed by atoms with Crippen LogP contribution in [0.1, 0.15) is 47.3 Å². The minimum Gasteiger partial charge on any atom is -0.484 e. The van der Waals surface area contributed by atoms with Crippen LogP contribution in [0.3, 0.4) is 0 Å². The SMILES string of the molecule is O=C(N[C@H]1CCCC[C@@H]1O)c1cc(Cc2ccc(-n3cccn3)cc2)c2c(n1)OCCO2. The molecule has 1 fully saturated rings. The van der Waals surface area contributed by atoms with Gasteiger partial charge in [0.2, 0.25) is 0 Å². The molecule has 3 heterocycles. The molecule has 0 saturated heterocycles. The molecule has 2 aromatic heterocycles. The second-order valence-electron chi connectivity index (χ2n) is 8.22. The third kappa shape index (κ3) is 4.31. The predicted molar refractivity (Wildman–Crippen MR) is 117 cm³/mol. The number of aliphatic hydroxyl groups excluding tert-OH is 1. The van der Waals surface area contributed by atoms with Crippen molar-refractivity contribution in [3.05, 3.63) is 65.6 Å². The summed E-state index contributed by atoms with van der Waals surface area (Å²) in [6.45, 7) is 0.837. The monoisotopic (exact) mass is 434 g/mol. The fraction of sp³-hybridized carbons (Fsp3) is 0.375. The molecule has 1 aliphatic carbocycles. The first kappa shape index (κ1) is 20.5. The highest BCUT2D eigenvalue weighted by Gasteiger charge is 2.27. The number of carbonyl (C=O) groups is 1. The Morgan fingerprint density at radius 1 is 1.16 bits per heavy atom. The van der Waals surface area contributed by atoms with Gasteiger partial charge in [0.1, 0.15) is 18.9 Å². The number of hydrogen-bond donors (Lipinski definition) is 2. The number of rotatable bonds is 5. The van der Waals surface area contributed by atoms with E-state index in [4.69, 9.17) is 9.47 Å². The van der Waals surface area contributed by atoms with E-state index in [2.05, 4.69) is 15.4 Å². The summed E-state index contributed by atoms with van der Waals surface area (Å²) >= 11 is 0. The fourth-order valence-electron chi connectivity index (χ4n) is 4.27. The molecule has 8 nitrogen and oxygen atoms in total. The van der Waals surface area contributed by atoms with E-state index < -0.39 is 6.10 Å². The van der Waals surface area contributed by atoms with Crippen LogP contribution in [0.25, 0.3) is 5.69 Å². The lowest BCUT2D eigenvalue weighted by molar-refractivity contribution is 0.0712. The van der Waals surface area contributed by atoms with E-state index in [1.54, 1.807) is 16.9 Å². The van der Waals surface area contributed by atoms with Crippen LogP contribution in [-0.4, -0.2) is 51.1 Å². The maximum atomic E-state index is 12.9. The number of pyridine rings is 1. The average molecular weight is 434 g/mol. The van der Waals surface area contributed by atoms with Gasteiger partial charge in [0, 0.05) is 24.4 Å². The molecule has 0 unspecified atom stereocenters. The van der Waals surface area contributed by atoms with E-state index in [1.807, 2.05) is 36.5 Å². The molecule has 0 spiro atoms. The zero-order valence-corrected chi connectivity index (χ0v) is 17.7. The van der Waals surface area contributed by atoms with E-state index in [-0.39, 0.29) is 17.6 Å². The van der Waals surface area contributed by atoms with Gasteiger partial charge < -0.3 is 19.9 Å². The molecular formula is C24H26N4O4. The van der Waals surface area contributed by atoms with Crippen LogP contribution in [-0.2, 0) is 6.42 Å². The second-order valence-corrected chi connectivity index (χ2v) is 8.22. The maximum Gasteiger partial charge on any atom is 0.270 e. The minimum atomic E-state index is -0.516. The lowest BCUT2D eigenvalue weighted by atomic mass is 9.92. The summed E-state index contributed by atoms with van der Waals surface area (Å²) in [6, 6.07) is 11.5. The van der Waals surface area contributed by atoms with Crippen molar-refractivity contribution in [1.82, 2.24) is 20.1 Å². The van der Waals surface area contributed by atoms with Gasteiger partial charge in [-0.1, -0.05) is 25.0 Å². The van der Waals surface area contributed by atoms with Crippen molar-refractivity contribution in [3.63, 3.8) is 0 Å². The van der Waals surface area contributed by atoms with Crippen molar-refractivity contribution in [2.75, 3.05) is 13.2 Å². The number of nitrogens with zero attached hydrogens (tertiary/aromatic N) is 3. The predicted octanol–water partition coefficient (Wildman–Crippen LogP) is 2.66. The fourth-order valence-corrected chi connectivity index (χ4v) is 4.27. The molecule has 0 radical (unpaired) electrons. The van der Waals surface area contributed by atoms with Crippen molar-refractivity contribution in [2.45, 2.75) is 44.2 Å². The van der Waals surface area contributed by atoms with E-state index in [9.17, 15) is 9.90 Å². The summed E-state index contributed by atoms with van der Waals surface area (Å²) in [6.07, 6.45) is 7.15.